The second-order valence-corrected chi connectivity index (χ2v) is 6.18. The molecule has 4 nitrogen and oxygen atoms in total. The molecule has 1 unspecified atom stereocenters. The van der Waals surface area contributed by atoms with Gasteiger partial charge in [0.2, 0.25) is 5.91 Å². The summed E-state index contributed by atoms with van der Waals surface area (Å²) in [5.74, 6) is 0.234. The van der Waals surface area contributed by atoms with E-state index in [0.29, 0.717) is 0 Å². The van der Waals surface area contributed by atoms with Gasteiger partial charge in [0.15, 0.2) is 0 Å². The second-order valence-electron chi connectivity index (χ2n) is 6.18. The van der Waals surface area contributed by atoms with Crippen LogP contribution in [0.3, 0.4) is 0 Å². The minimum Gasteiger partial charge on any atom is -0.348 e. The zero-order chi connectivity index (χ0) is 15.3. The molecule has 0 spiro atoms. The van der Waals surface area contributed by atoms with E-state index in [1.54, 1.807) is 6.33 Å². The van der Waals surface area contributed by atoms with Crippen molar-refractivity contribution in [3.8, 4) is 0 Å². The third kappa shape index (κ3) is 2.38. The van der Waals surface area contributed by atoms with Gasteiger partial charge >= 0.3 is 0 Å². The number of carbonyl (C=O) groups is 1. The number of hydrogen-bond acceptors (Lipinski definition) is 2. The Labute approximate surface area is 141 Å². The summed E-state index contributed by atoms with van der Waals surface area (Å²) in [6.07, 6.45) is 4.29. The molecule has 1 atom stereocenters. The maximum Gasteiger partial charge on any atom is 0.234 e. The Morgan fingerprint density at radius 2 is 2.09 bits per heavy atom. The van der Waals surface area contributed by atoms with Crippen molar-refractivity contribution in [3.63, 3.8) is 0 Å². The number of hydrogen-bond donors (Lipinski definition) is 1. The summed E-state index contributed by atoms with van der Waals surface area (Å²) in [6, 6.07) is 8.20. The van der Waals surface area contributed by atoms with Crippen molar-refractivity contribution in [3.05, 3.63) is 53.2 Å². The molecule has 0 saturated carbocycles. The first-order chi connectivity index (χ1) is 10.7. The van der Waals surface area contributed by atoms with Crippen LogP contribution < -0.4 is 0 Å². The topological polar surface area (TPSA) is 50.7 Å². The maximum absolute atomic E-state index is 13.0. The highest BCUT2D eigenvalue weighted by Crippen LogP contribution is 2.33. The molecular weight excluding hydrogens is 310 g/mol. The van der Waals surface area contributed by atoms with Gasteiger partial charge in [0.25, 0.3) is 0 Å². The smallest absolute Gasteiger partial charge is 0.234 e. The molecule has 120 valence electrons. The van der Waals surface area contributed by atoms with Crippen molar-refractivity contribution in [2.45, 2.75) is 33.1 Å². The normalized spacial score (nSPS) is 17.1. The Kier molecular flexibility index (Phi) is 4.02. The number of halogens is 1. The van der Waals surface area contributed by atoms with Gasteiger partial charge in [0.05, 0.1) is 17.5 Å². The zero-order valence-corrected chi connectivity index (χ0v) is 14.1. The van der Waals surface area contributed by atoms with Crippen molar-refractivity contribution in [1.82, 2.24) is 14.5 Å². The second kappa shape index (κ2) is 5.85. The molecule has 1 aromatic carbocycles. The first-order valence-corrected chi connectivity index (χ1v) is 7.79. The van der Waals surface area contributed by atoms with Crippen LogP contribution in [0.5, 0.6) is 0 Å². The van der Waals surface area contributed by atoms with Crippen LogP contribution in [0.25, 0.3) is 10.9 Å². The zero-order valence-electron chi connectivity index (χ0n) is 13.3. The molecule has 0 saturated heterocycles. The van der Waals surface area contributed by atoms with E-state index in [0.717, 1.165) is 36.2 Å². The molecule has 0 radical (unpaired) electrons. The lowest BCUT2D eigenvalue weighted by Crippen LogP contribution is -2.30. The van der Waals surface area contributed by atoms with Gasteiger partial charge in [-0.05, 0) is 38.3 Å². The summed E-state index contributed by atoms with van der Waals surface area (Å²) in [5, 5.41) is 1.20. The quantitative estimate of drug-likeness (QED) is 0.776. The number of aromatic amines is 1. The number of carbonyl (C=O) groups excluding carboxylic acids is 1. The lowest BCUT2D eigenvalue weighted by molar-refractivity contribution is 0.0808. The summed E-state index contributed by atoms with van der Waals surface area (Å²) in [5.41, 5.74) is 5.55. The number of aromatic nitrogens is 3. The molecule has 1 aliphatic heterocycles. The number of rotatable bonds is 2. The van der Waals surface area contributed by atoms with Crippen molar-refractivity contribution in [2.75, 3.05) is 0 Å². The van der Waals surface area contributed by atoms with Gasteiger partial charge in [-0.1, -0.05) is 18.2 Å². The number of fused-ring (bicyclic) bond motifs is 3. The van der Waals surface area contributed by atoms with Gasteiger partial charge in [-0.3, -0.25) is 9.36 Å². The molecule has 0 amide bonds. The Balaban J connectivity index is 0.00000156. The van der Waals surface area contributed by atoms with E-state index >= 15 is 0 Å². The first kappa shape index (κ1) is 15.8. The molecule has 0 fully saturated rings. The molecule has 23 heavy (non-hydrogen) atoms. The van der Waals surface area contributed by atoms with Gasteiger partial charge in [-0.25, -0.2) is 4.98 Å². The number of nitrogens with zero attached hydrogens (tertiary/aromatic N) is 2. The average Bonchev–Trinajstić information content (AvgIpc) is 3.05. The highest BCUT2D eigenvalue weighted by atomic mass is 35.5. The van der Waals surface area contributed by atoms with E-state index < -0.39 is 0 Å². The van der Waals surface area contributed by atoms with Crippen LogP contribution in [0, 0.1) is 19.8 Å². The van der Waals surface area contributed by atoms with Gasteiger partial charge in [-0.2, -0.15) is 0 Å². The highest BCUT2D eigenvalue weighted by molar-refractivity contribution is 5.97. The molecule has 3 heterocycles. The number of imidazole rings is 1. The van der Waals surface area contributed by atoms with Crippen LogP contribution in [0.4, 0.5) is 0 Å². The van der Waals surface area contributed by atoms with Crippen LogP contribution in [0.2, 0.25) is 0 Å². The van der Waals surface area contributed by atoms with Crippen LogP contribution in [0.15, 0.2) is 30.6 Å². The Morgan fingerprint density at radius 1 is 1.30 bits per heavy atom. The summed E-state index contributed by atoms with van der Waals surface area (Å²) >= 11 is 0. The van der Waals surface area contributed by atoms with Gasteiger partial charge < -0.3 is 4.98 Å². The standard InChI is InChI=1S/C18H19N3O.ClH/c1-11-14-5-3-4-6-17(14)21-16(11)8-7-13(18(21)22)9-15-12(2)19-10-20-15;/h3-6,10,13H,7-9H2,1-2H3,(H,19,20);1H. The van der Waals surface area contributed by atoms with Crippen molar-refractivity contribution in [1.29, 1.82) is 0 Å². The van der Waals surface area contributed by atoms with Gasteiger partial charge in [-0.15, -0.1) is 12.4 Å². The van der Waals surface area contributed by atoms with Gasteiger partial charge in [0.1, 0.15) is 0 Å². The largest absolute Gasteiger partial charge is 0.348 e. The molecular formula is C18H20ClN3O. The maximum atomic E-state index is 13.0. The van der Waals surface area contributed by atoms with Crippen LogP contribution >= 0.6 is 12.4 Å². The molecule has 0 aliphatic carbocycles. The van der Waals surface area contributed by atoms with Crippen LogP contribution in [-0.2, 0) is 12.8 Å². The third-order valence-electron chi connectivity index (χ3n) is 4.93. The van der Waals surface area contributed by atoms with E-state index in [2.05, 4.69) is 23.0 Å². The fraction of sp³-hybridized carbons (Fsp3) is 0.333. The Morgan fingerprint density at radius 3 is 2.83 bits per heavy atom. The minimum absolute atomic E-state index is 0. The third-order valence-corrected chi connectivity index (χ3v) is 4.93. The number of para-hydroxylation sites is 1. The summed E-state index contributed by atoms with van der Waals surface area (Å²) < 4.78 is 1.95. The molecule has 2 aromatic heterocycles. The predicted octanol–water partition coefficient (Wildman–Crippen LogP) is 3.85. The fourth-order valence-electron chi connectivity index (χ4n) is 3.64. The van der Waals surface area contributed by atoms with Gasteiger partial charge in [0, 0.05) is 29.1 Å². The lowest BCUT2D eigenvalue weighted by Gasteiger charge is -2.23. The molecule has 3 aromatic rings. The summed E-state index contributed by atoms with van der Waals surface area (Å²) in [4.78, 5) is 20.5. The molecule has 5 heteroatoms. The first-order valence-electron chi connectivity index (χ1n) is 7.79. The van der Waals surface area contributed by atoms with E-state index in [1.807, 2.05) is 29.7 Å². The summed E-state index contributed by atoms with van der Waals surface area (Å²) in [7, 11) is 0. The molecule has 1 aliphatic rings. The highest BCUT2D eigenvalue weighted by Gasteiger charge is 2.31. The SMILES string of the molecule is Cc1[nH]cnc1CC1CCc2c(C)c3ccccc3n2C1=O.Cl. The Hall–Kier alpha value is -2.07. The van der Waals surface area contributed by atoms with Crippen molar-refractivity contribution in [2.24, 2.45) is 5.92 Å². The van der Waals surface area contributed by atoms with E-state index in [9.17, 15) is 4.79 Å². The van der Waals surface area contributed by atoms with Crippen molar-refractivity contribution >= 4 is 29.2 Å². The summed E-state index contributed by atoms with van der Waals surface area (Å²) in [6.45, 7) is 4.13. The monoisotopic (exact) mass is 329 g/mol. The van der Waals surface area contributed by atoms with E-state index in [4.69, 9.17) is 0 Å². The Bertz CT molecular complexity index is 878. The number of nitrogens with one attached hydrogen (secondary N) is 1. The van der Waals surface area contributed by atoms with Crippen molar-refractivity contribution < 1.29 is 4.79 Å². The lowest BCUT2D eigenvalue weighted by atomic mass is 9.91. The molecule has 0 bridgehead atoms. The van der Waals surface area contributed by atoms with Crippen LogP contribution in [0.1, 0.15) is 33.9 Å². The molecule has 4 rings (SSSR count). The fourth-order valence-corrected chi connectivity index (χ4v) is 3.64. The number of H-pyrrole nitrogens is 1. The van der Waals surface area contributed by atoms with Crippen LogP contribution in [-0.4, -0.2) is 20.4 Å². The minimum atomic E-state index is 0. The average molecular weight is 330 g/mol. The van der Waals surface area contributed by atoms with E-state index in [1.165, 1.54) is 16.6 Å². The van der Waals surface area contributed by atoms with E-state index in [-0.39, 0.29) is 24.2 Å². The number of aryl methyl sites for hydroxylation is 2. The molecule has 1 N–H and O–H groups in total. The predicted molar refractivity (Wildman–Crippen MR) is 93.4 cm³/mol. The number of benzene rings is 1.